The van der Waals surface area contributed by atoms with E-state index < -0.39 is 5.95 Å². The number of carbonyl (C=O) groups excluding carboxylic acids is 1. The molecule has 0 saturated heterocycles. The van der Waals surface area contributed by atoms with Gasteiger partial charge in [0.1, 0.15) is 22.7 Å². The van der Waals surface area contributed by atoms with Gasteiger partial charge in [0.15, 0.2) is 5.78 Å². The molecule has 124 valence electrons. The van der Waals surface area contributed by atoms with Crippen molar-refractivity contribution < 1.29 is 9.18 Å². The van der Waals surface area contributed by atoms with E-state index in [0.717, 1.165) is 5.56 Å². The highest BCUT2D eigenvalue weighted by atomic mass is 19.1. The van der Waals surface area contributed by atoms with Crippen LogP contribution in [0.4, 0.5) is 4.39 Å². The minimum absolute atomic E-state index is 0.0978. The Bertz CT molecular complexity index is 1110. The van der Waals surface area contributed by atoms with Crippen LogP contribution in [-0.2, 0) is 0 Å². The maximum atomic E-state index is 13.9. The van der Waals surface area contributed by atoms with E-state index in [1.54, 1.807) is 35.7 Å². The first kappa shape index (κ1) is 15.1. The van der Waals surface area contributed by atoms with Crippen molar-refractivity contribution in [2.24, 2.45) is 0 Å². The molecule has 0 radical (unpaired) electrons. The third-order valence-electron chi connectivity index (χ3n) is 3.95. The largest absolute Gasteiger partial charge is 0.306 e. The van der Waals surface area contributed by atoms with Crippen LogP contribution in [0.1, 0.15) is 23.1 Å². The van der Waals surface area contributed by atoms with E-state index in [0.29, 0.717) is 22.7 Å². The molecule has 0 N–H and O–H groups in total. The molecule has 0 unspecified atom stereocenters. The Hall–Kier alpha value is -3.42. The fraction of sp³-hybridized carbons (Fsp3) is 0.118. The van der Waals surface area contributed by atoms with Crippen LogP contribution >= 0.6 is 0 Å². The van der Waals surface area contributed by atoms with Crippen LogP contribution in [0.15, 0.2) is 42.9 Å². The number of halogens is 1. The molecule has 25 heavy (non-hydrogen) atoms. The fourth-order valence-electron chi connectivity index (χ4n) is 2.66. The minimum atomic E-state index is -0.613. The Labute approximate surface area is 141 Å². The molecule has 0 spiro atoms. The standard InChI is InChI=1S/C17H13FN6O/c1-10-16(21-22-24(10)14-4-3-7-19-17(14)18)12-5-6-15-20-13(11(2)25)9-23(15)8-12/h3-9H,1-2H3. The topological polar surface area (TPSA) is 78.0 Å². The van der Waals surface area contributed by atoms with Crippen molar-refractivity contribution in [1.82, 2.24) is 29.4 Å². The summed E-state index contributed by atoms with van der Waals surface area (Å²) in [6.45, 7) is 3.28. The van der Waals surface area contributed by atoms with Gasteiger partial charge in [0.05, 0.1) is 5.69 Å². The Balaban J connectivity index is 1.82. The summed E-state index contributed by atoms with van der Waals surface area (Å²) in [5.74, 6) is -0.711. The Kier molecular flexibility index (Phi) is 3.38. The molecule has 7 nitrogen and oxygen atoms in total. The van der Waals surface area contributed by atoms with Crippen LogP contribution in [0.3, 0.4) is 0 Å². The molecule has 0 aliphatic rings. The van der Waals surface area contributed by atoms with E-state index in [-0.39, 0.29) is 11.5 Å². The number of rotatable bonds is 3. The quantitative estimate of drug-likeness (QED) is 0.424. The molecule has 4 aromatic heterocycles. The van der Waals surface area contributed by atoms with Gasteiger partial charge in [0.2, 0.25) is 5.95 Å². The van der Waals surface area contributed by atoms with Gasteiger partial charge in [0.25, 0.3) is 0 Å². The van der Waals surface area contributed by atoms with Crippen LogP contribution in [0.2, 0.25) is 0 Å². The summed E-state index contributed by atoms with van der Waals surface area (Å²) in [6.07, 6.45) is 4.86. The molecule has 0 fully saturated rings. The molecule has 8 heteroatoms. The first-order chi connectivity index (χ1) is 12.0. The lowest BCUT2D eigenvalue weighted by molar-refractivity contribution is 0.101. The number of nitrogens with zero attached hydrogens (tertiary/aromatic N) is 6. The van der Waals surface area contributed by atoms with Crippen molar-refractivity contribution in [2.75, 3.05) is 0 Å². The predicted octanol–water partition coefficient (Wildman–Crippen LogP) is 2.63. The third-order valence-corrected chi connectivity index (χ3v) is 3.95. The van der Waals surface area contributed by atoms with Gasteiger partial charge < -0.3 is 4.40 Å². The Morgan fingerprint density at radius 1 is 1.20 bits per heavy atom. The summed E-state index contributed by atoms with van der Waals surface area (Å²) >= 11 is 0. The number of hydrogen-bond donors (Lipinski definition) is 0. The van der Waals surface area contributed by atoms with Gasteiger partial charge in [-0.2, -0.15) is 4.39 Å². The number of ketones is 1. The molecule has 0 amide bonds. The number of aromatic nitrogens is 6. The zero-order valence-electron chi connectivity index (χ0n) is 13.5. The average molecular weight is 336 g/mol. The highest BCUT2D eigenvalue weighted by Gasteiger charge is 2.16. The van der Waals surface area contributed by atoms with Crippen LogP contribution < -0.4 is 0 Å². The van der Waals surface area contributed by atoms with Gasteiger partial charge >= 0.3 is 0 Å². The summed E-state index contributed by atoms with van der Waals surface area (Å²) in [4.78, 5) is 19.4. The number of imidazole rings is 1. The molecule has 0 atom stereocenters. The van der Waals surface area contributed by atoms with Gasteiger partial charge in [-0.3, -0.25) is 4.79 Å². The Morgan fingerprint density at radius 2 is 2.04 bits per heavy atom. The van der Waals surface area contributed by atoms with Gasteiger partial charge in [-0.15, -0.1) is 5.10 Å². The van der Waals surface area contributed by atoms with Crippen LogP contribution in [0.5, 0.6) is 0 Å². The summed E-state index contributed by atoms with van der Waals surface area (Å²) in [5.41, 5.74) is 3.38. The zero-order chi connectivity index (χ0) is 17.6. The second kappa shape index (κ2) is 5.59. The van der Waals surface area contributed by atoms with E-state index in [1.807, 2.05) is 12.3 Å². The summed E-state index contributed by atoms with van der Waals surface area (Å²) in [5, 5.41) is 8.21. The molecule has 0 saturated carbocycles. The smallest absolute Gasteiger partial charge is 0.238 e. The van der Waals surface area contributed by atoms with E-state index in [2.05, 4.69) is 20.3 Å². The summed E-state index contributed by atoms with van der Waals surface area (Å²) in [7, 11) is 0. The maximum absolute atomic E-state index is 13.9. The van der Waals surface area contributed by atoms with Crippen molar-refractivity contribution in [2.45, 2.75) is 13.8 Å². The number of fused-ring (bicyclic) bond motifs is 1. The van der Waals surface area contributed by atoms with E-state index in [4.69, 9.17) is 0 Å². The molecule has 4 aromatic rings. The average Bonchev–Trinajstić information content (AvgIpc) is 3.18. The van der Waals surface area contributed by atoms with Crippen molar-refractivity contribution >= 4 is 11.4 Å². The highest BCUT2D eigenvalue weighted by Crippen LogP contribution is 2.24. The monoisotopic (exact) mass is 336 g/mol. The molecule has 4 rings (SSSR count). The first-order valence-electron chi connectivity index (χ1n) is 7.58. The highest BCUT2D eigenvalue weighted by molar-refractivity contribution is 5.92. The van der Waals surface area contributed by atoms with Gasteiger partial charge in [-0.1, -0.05) is 5.21 Å². The molecule has 0 bridgehead atoms. The minimum Gasteiger partial charge on any atom is -0.306 e. The van der Waals surface area contributed by atoms with E-state index in [9.17, 15) is 9.18 Å². The van der Waals surface area contributed by atoms with Gasteiger partial charge in [0, 0.05) is 31.1 Å². The number of carbonyl (C=O) groups is 1. The van der Waals surface area contributed by atoms with Crippen molar-refractivity contribution in [1.29, 1.82) is 0 Å². The summed E-state index contributed by atoms with van der Waals surface area (Å²) < 4.78 is 17.1. The lowest BCUT2D eigenvalue weighted by Crippen LogP contribution is -2.03. The second-order valence-corrected chi connectivity index (χ2v) is 5.61. The van der Waals surface area contributed by atoms with Crippen molar-refractivity contribution in [3.05, 3.63) is 60.2 Å². The van der Waals surface area contributed by atoms with Crippen LogP contribution in [0.25, 0.3) is 22.6 Å². The van der Waals surface area contributed by atoms with Gasteiger partial charge in [-0.05, 0) is 31.2 Å². The summed E-state index contributed by atoms with van der Waals surface area (Å²) in [6, 6.07) is 6.87. The molecule has 0 aliphatic carbocycles. The Morgan fingerprint density at radius 3 is 2.80 bits per heavy atom. The number of hydrogen-bond acceptors (Lipinski definition) is 5. The number of pyridine rings is 2. The lowest BCUT2D eigenvalue weighted by Gasteiger charge is -2.04. The molecule has 0 aliphatic heterocycles. The fourth-order valence-corrected chi connectivity index (χ4v) is 2.66. The molecule has 0 aromatic carbocycles. The molecular formula is C17H13FN6O. The van der Waals surface area contributed by atoms with Crippen LogP contribution in [-0.4, -0.2) is 35.1 Å². The van der Waals surface area contributed by atoms with Crippen molar-refractivity contribution in [3.63, 3.8) is 0 Å². The van der Waals surface area contributed by atoms with Crippen molar-refractivity contribution in [3.8, 4) is 16.9 Å². The maximum Gasteiger partial charge on any atom is 0.238 e. The van der Waals surface area contributed by atoms with E-state index in [1.165, 1.54) is 17.8 Å². The third kappa shape index (κ3) is 2.47. The van der Waals surface area contributed by atoms with Gasteiger partial charge in [-0.25, -0.2) is 14.6 Å². The zero-order valence-corrected chi connectivity index (χ0v) is 13.5. The molecule has 4 heterocycles. The van der Waals surface area contributed by atoms with E-state index >= 15 is 0 Å². The van der Waals surface area contributed by atoms with Crippen LogP contribution in [0, 0.1) is 12.9 Å². The SMILES string of the molecule is CC(=O)c1cn2cc(-c3nnn(-c4cccnc4F)c3C)ccc2n1. The molecular weight excluding hydrogens is 323 g/mol. The normalized spacial score (nSPS) is 11.2. The first-order valence-corrected chi connectivity index (χ1v) is 7.58. The second-order valence-electron chi connectivity index (χ2n) is 5.61. The predicted molar refractivity (Wildman–Crippen MR) is 88.0 cm³/mol. The lowest BCUT2D eigenvalue weighted by atomic mass is 10.2. The number of Topliss-reactive ketones (excluding diaryl/α,β-unsaturated/α-hetero) is 1.